The average molecular weight is 400 g/mol. The number of Topliss-reactive ketones (excluding diaryl/α,β-unsaturated/α-hetero) is 1. The fourth-order valence-corrected chi connectivity index (χ4v) is 4.71. The molecular formula is C21H22F2N4O2. The second-order valence-corrected chi connectivity index (χ2v) is 8.10. The van der Waals surface area contributed by atoms with Gasteiger partial charge in [0.05, 0.1) is 5.41 Å². The Balaban J connectivity index is 1.55. The number of pyridine rings is 1. The molecule has 2 aromatic heterocycles. The van der Waals surface area contributed by atoms with E-state index in [9.17, 15) is 18.4 Å². The van der Waals surface area contributed by atoms with Crippen LogP contribution in [0.3, 0.4) is 0 Å². The molecular weight excluding hydrogens is 378 g/mol. The minimum atomic E-state index is -2.99. The van der Waals surface area contributed by atoms with Gasteiger partial charge in [0.15, 0.2) is 5.78 Å². The van der Waals surface area contributed by atoms with E-state index in [4.69, 9.17) is 0 Å². The highest BCUT2D eigenvalue weighted by molar-refractivity contribution is 5.99. The van der Waals surface area contributed by atoms with Crippen LogP contribution in [0, 0.1) is 18.3 Å². The molecule has 2 atom stereocenters. The van der Waals surface area contributed by atoms with E-state index in [1.165, 1.54) is 11.1 Å². The molecule has 6 nitrogen and oxygen atoms in total. The number of rotatable bonds is 4. The molecule has 0 unspecified atom stereocenters. The summed E-state index contributed by atoms with van der Waals surface area (Å²) in [6, 6.07) is 6.59. The molecule has 0 bridgehead atoms. The summed E-state index contributed by atoms with van der Waals surface area (Å²) in [6.45, 7) is 2.06. The highest BCUT2D eigenvalue weighted by atomic mass is 19.3. The molecule has 3 heterocycles. The summed E-state index contributed by atoms with van der Waals surface area (Å²) in [5, 5.41) is 0. The number of halogens is 2. The molecule has 1 aliphatic heterocycles. The quantitative estimate of drug-likeness (QED) is 0.733. The van der Waals surface area contributed by atoms with Crippen molar-refractivity contribution in [3.8, 4) is 0 Å². The fourth-order valence-electron chi connectivity index (χ4n) is 4.71. The molecule has 4 rings (SSSR count). The van der Waals surface area contributed by atoms with Crippen LogP contribution in [0.2, 0.25) is 0 Å². The zero-order chi connectivity index (χ0) is 20.6. The van der Waals surface area contributed by atoms with Crippen molar-refractivity contribution in [2.24, 2.45) is 11.3 Å². The molecule has 8 heteroatoms. The Kier molecular flexibility index (Phi) is 4.88. The third-order valence-electron chi connectivity index (χ3n) is 5.84. The molecule has 2 aromatic rings. The first-order valence-corrected chi connectivity index (χ1v) is 9.72. The van der Waals surface area contributed by atoms with Gasteiger partial charge in [0.25, 0.3) is 0 Å². The molecule has 0 radical (unpaired) electrons. The number of nitrogens with zero attached hydrogens (tertiary/aromatic N) is 4. The van der Waals surface area contributed by atoms with Crippen LogP contribution < -0.4 is 4.90 Å². The van der Waals surface area contributed by atoms with E-state index in [-0.39, 0.29) is 36.6 Å². The lowest BCUT2D eigenvalue weighted by Gasteiger charge is -2.40. The number of aromatic nitrogens is 3. The third kappa shape index (κ3) is 3.88. The van der Waals surface area contributed by atoms with Crippen molar-refractivity contribution < 1.29 is 18.4 Å². The molecule has 2 aliphatic rings. The highest BCUT2D eigenvalue weighted by Gasteiger charge is 2.57. The van der Waals surface area contributed by atoms with E-state index in [1.807, 2.05) is 0 Å². The van der Waals surface area contributed by atoms with Crippen LogP contribution >= 0.6 is 0 Å². The highest BCUT2D eigenvalue weighted by Crippen LogP contribution is 2.53. The predicted molar refractivity (Wildman–Crippen MR) is 102 cm³/mol. The number of aryl methyl sites for hydroxylation is 1. The van der Waals surface area contributed by atoms with E-state index in [0.717, 1.165) is 0 Å². The first kappa shape index (κ1) is 19.5. The number of hydrogen-bond donors (Lipinski definition) is 0. The molecule has 1 aliphatic carbocycles. The first-order chi connectivity index (χ1) is 13.8. The smallest absolute Gasteiger partial charge is 0.249 e. The van der Waals surface area contributed by atoms with E-state index >= 15 is 0 Å². The maximum Gasteiger partial charge on any atom is 0.249 e. The van der Waals surface area contributed by atoms with Crippen LogP contribution in [0.25, 0.3) is 0 Å². The number of carbonyl (C=O) groups excluding carboxylic acids is 2. The topological polar surface area (TPSA) is 76.1 Å². The van der Waals surface area contributed by atoms with Gasteiger partial charge in [-0.2, -0.15) is 0 Å². The third-order valence-corrected chi connectivity index (χ3v) is 5.84. The van der Waals surface area contributed by atoms with Crippen LogP contribution in [0.4, 0.5) is 14.6 Å². The molecule has 29 heavy (non-hydrogen) atoms. The van der Waals surface area contributed by atoms with Gasteiger partial charge in [0, 0.05) is 38.2 Å². The van der Waals surface area contributed by atoms with Crippen LogP contribution in [0.1, 0.15) is 48.4 Å². The predicted octanol–water partition coefficient (Wildman–Crippen LogP) is 3.61. The Bertz CT molecular complexity index is 937. The van der Waals surface area contributed by atoms with Gasteiger partial charge in [-0.3, -0.25) is 19.5 Å². The summed E-state index contributed by atoms with van der Waals surface area (Å²) in [7, 11) is 0. The minimum absolute atomic E-state index is 0.0335. The normalized spacial score (nSPS) is 26.1. The van der Waals surface area contributed by atoms with Crippen molar-refractivity contribution in [3.63, 3.8) is 0 Å². The molecule has 1 spiro atoms. The van der Waals surface area contributed by atoms with Gasteiger partial charge in [-0.1, -0.05) is 6.07 Å². The van der Waals surface area contributed by atoms with E-state index in [0.29, 0.717) is 24.6 Å². The van der Waals surface area contributed by atoms with Crippen molar-refractivity contribution in [1.82, 2.24) is 15.0 Å². The van der Waals surface area contributed by atoms with Gasteiger partial charge in [-0.25, -0.2) is 18.7 Å². The zero-order valence-corrected chi connectivity index (χ0v) is 16.1. The van der Waals surface area contributed by atoms with E-state index < -0.39 is 23.7 Å². The second kappa shape index (κ2) is 7.24. The molecule has 1 saturated carbocycles. The van der Waals surface area contributed by atoms with Crippen molar-refractivity contribution >= 4 is 17.5 Å². The molecule has 1 amide bonds. The number of alkyl halides is 2. The second-order valence-electron chi connectivity index (χ2n) is 8.10. The summed E-state index contributed by atoms with van der Waals surface area (Å²) < 4.78 is 29.3. The lowest BCUT2D eigenvalue weighted by molar-refractivity contribution is -0.143. The molecule has 0 N–H and O–H groups in total. The molecule has 1 saturated heterocycles. The average Bonchev–Trinajstić information content (AvgIpc) is 2.96. The lowest BCUT2D eigenvalue weighted by atomic mass is 9.66. The van der Waals surface area contributed by atoms with Crippen LogP contribution in [0.5, 0.6) is 0 Å². The maximum absolute atomic E-state index is 14.6. The largest absolute Gasteiger partial charge is 0.296 e. The van der Waals surface area contributed by atoms with Gasteiger partial charge >= 0.3 is 0 Å². The summed E-state index contributed by atoms with van der Waals surface area (Å²) >= 11 is 0. The number of hydrogen-bond acceptors (Lipinski definition) is 5. The van der Waals surface area contributed by atoms with E-state index in [1.54, 1.807) is 37.4 Å². The van der Waals surface area contributed by atoms with Crippen LogP contribution in [-0.2, 0) is 4.79 Å². The van der Waals surface area contributed by atoms with Gasteiger partial charge in [0.1, 0.15) is 17.3 Å². The monoisotopic (exact) mass is 400 g/mol. The first-order valence-electron chi connectivity index (χ1n) is 9.72. The van der Waals surface area contributed by atoms with E-state index in [2.05, 4.69) is 15.0 Å². The lowest BCUT2D eigenvalue weighted by Crippen LogP contribution is -2.45. The van der Waals surface area contributed by atoms with Crippen LogP contribution in [0.15, 0.2) is 36.7 Å². The Morgan fingerprint density at radius 3 is 2.76 bits per heavy atom. The van der Waals surface area contributed by atoms with Gasteiger partial charge in [-0.15, -0.1) is 0 Å². The molecule has 0 aromatic carbocycles. The summed E-state index contributed by atoms with van der Waals surface area (Å²) in [5.41, 5.74) is -0.887. The fraction of sp³-hybridized carbons (Fsp3) is 0.476. The van der Waals surface area contributed by atoms with Gasteiger partial charge in [0.2, 0.25) is 11.8 Å². The Morgan fingerprint density at radius 1 is 1.21 bits per heavy atom. The Labute approximate surface area is 167 Å². The number of amides is 1. The Morgan fingerprint density at radius 2 is 2.03 bits per heavy atom. The van der Waals surface area contributed by atoms with Crippen molar-refractivity contribution in [3.05, 3.63) is 48.2 Å². The van der Waals surface area contributed by atoms with Gasteiger partial charge < -0.3 is 0 Å². The van der Waals surface area contributed by atoms with Crippen molar-refractivity contribution in [1.29, 1.82) is 0 Å². The van der Waals surface area contributed by atoms with Crippen molar-refractivity contribution in [2.45, 2.75) is 45.0 Å². The number of anilines is 1. The number of ketones is 1. The summed E-state index contributed by atoms with van der Waals surface area (Å²) in [6.07, 6.45) is 2.78. The molecule has 2 fully saturated rings. The summed E-state index contributed by atoms with van der Waals surface area (Å²) in [4.78, 5) is 39.5. The Hall–Kier alpha value is -2.77. The SMILES string of the molecule is Cc1nccc(N2CC[C@]3(C[C@H](CC(=O)c4ccccn4)CC(F)(F)C3)C2=O)n1. The summed E-state index contributed by atoms with van der Waals surface area (Å²) in [5.74, 6) is -3.19. The maximum atomic E-state index is 14.6. The van der Waals surface area contributed by atoms with Crippen molar-refractivity contribution in [2.75, 3.05) is 11.4 Å². The van der Waals surface area contributed by atoms with Crippen LogP contribution in [-0.4, -0.2) is 39.1 Å². The zero-order valence-electron chi connectivity index (χ0n) is 16.1. The standard InChI is InChI=1S/C21H22F2N4O2/c1-14-24-8-5-18(26-14)27-9-6-20(19(27)29)11-15(12-21(22,23)13-20)10-17(28)16-4-2-3-7-25-16/h2-5,7-8,15H,6,9-13H2,1H3/t15-,20+/m0/s1. The number of carbonyl (C=O) groups is 2. The molecule has 152 valence electrons. The van der Waals surface area contributed by atoms with Gasteiger partial charge in [-0.05, 0) is 43.9 Å². The minimum Gasteiger partial charge on any atom is -0.296 e.